The topological polar surface area (TPSA) is 104 Å². The first-order valence-electron chi connectivity index (χ1n) is 7.37. The van der Waals surface area contributed by atoms with E-state index in [1.807, 2.05) is 0 Å². The smallest absolute Gasteiger partial charge is 0.280 e. The number of ketones is 3. The number of hydrogen-bond acceptors (Lipinski definition) is 6. The summed E-state index contributed by atoms with van der Waals surface area (Å²) in [5.74, 6) is -3.14. The lowest BCUT2D eigenvalue weighted by atomic mass is 9.90. The van der Waals surface area contributed by atoms with Gasteiger partial charge >= 0.3 is 0 Å². The summed E-state index contributed by atoms with van der Waals surface area (Å²) in [6.07, 6.45) is 0. The number of carbonyl (C=O) groups excluding carboxylic acids is 3. The summed E-state index contributed by atoms with van der Waals surface area (Å²) in [6.45, 7) is 2.19. The second kappa shape index (κ2) is 7.48. The van der Waals surface area contributed by atoms with Crippen LogP contribution in [0.5, 0.6) is 11.5 Å². The molecule has 0 atom stereocenters. The van der Waals surface area contributed by atoms with Crippen LogP contribution in [0, 0.1) is 16.0 Å². The monoisotopic (exact) mass is 341 g/mol. The van der Waals surface area contributed by atoms with Gasteiger partial charge in [0.2, 0.25) is 0 Å². The van der Waals surface area contributed by atoms with Crippen LogP contribution >= 0.6 is 0 Å². The van der Waals surface area contributed by atoms with Crippen molar-refractivity contribution in [3.8, 4) is 11.5 Å². The molecule has 0 heterocycles. The van der Waals surface area contributed by atoms with E-state index in [0.717, 1.165) is 19.9 Å². The molecule has 0 bridgehead atoms. The maximum absolute atomic E-state index is 12.6. The van der Waals surface area contributed by atoms with Crippen molar-refractivity contribution in [2.24, 2.45) is 5.92 Å². The molecule has 0 fully saturated rings. The van der Waals surface area contributed by atoms with Crippen molar-refractivity contribution >= 4 is 23.0 Å². The van der Waals surface area contributed by atoms with Gasteiger partial charge < -0.3 is 4.74 Å². The summed E-state index contributed by atoms with van der Waals surface area (Å²) in [6, 6.07) is 12.3. The van der Waals surface area contributed by atoms with Crippen LogP contribution in [0.2, 0.25) is 0 Å². The highest BCUT2D eigenvalue weighted by Gasteiger charge is 2.33. The normalized spacial score (nSPS) is 10.4. The predicted octanol–water partition coefficient (Wildman–Crippen LogP) is 3.36. The molecule has 2 rings (SSSR count). The van der Waals surface area contributed by atoms with Crippen LogP contribution < -0.4 is 4.74 Å². The lowest BCUT2D eigenvalue weighted by Gasteiger charge is -2.11. The molecule has 0 radical (unpaired) electrons. The molecule has 0 unspecified atom stereocenters. The van der Waals surface area contributed by atoms with Crippen LogP contribution in [0.15, 0.2) is 48.5 Å². The molecule has 0 saturated carbocycles. The molecule has 0 spiro atoms. The van der Waals surface area contributed by atoms with Gasteiger partial charge in [-0.3, -0.25) is 24.5 Å². The fourth-order valence-corrected chi connectivity index (χ4v) is 2.37. The molecule has 2 aromatic rings. The summed E-state index contributed by atoms with van der Waals surface area (Å²) in [5, 5.41) is 11.2. The van der Waals surface area contributed by atoms with Gasteiger partial charge in [0, 0.05) is 6.07 Å². The number of ether oxygens (including phenoxy) is 1. The Hall–Kier alpha value is -3.35. The van der Waals surface area contributed by atoms with Gasteiger partial charge in [-0.1, -0.05) is 18.2 Å². The minimum atomic E-state index is -1.56. The second-order valence-corrected chi connectivity index (χ2v) is 5.37. The number of rotatable bonds is 7. The Kier molecular flexibility index (Phi) is 5.38. The molecule has 0 aliphatic carbocycles. The van der Waals surface area contributed by atoms with Crippen LogP contribution in [-0.2, 0) is 9.59 Å². The van der Waals surface area contributed by atoms with E-state index >= 15 is 0 Å². The Balaban J connectivity index is 2.48. The predicted molar refractivity (Wildman–Crippen MR) is 88.8 cm³/mol. The number of nitro benzene ring substituents is 1. The molecule has 0 saturated heterocycles. The number of benzene rings is 2. The number of para-hydroxylation sites is 1. The zero-order valence-corrected chi connectivity index (χ0v) is 13.6. The van der Waals surface area contributed by atoms with Crippen molar-refractivity contribution < 1.29 is 24.0 Å². The van der Waals surface area contributed by atoms with E-state index in [4.69, 9.17) is 4.74 Å². The highest BCUT2D eigenvalue weighted by Crippen LogP contribution is 2.29. The molecule has 2 aromatic carbocycles. The van der Waals surface area contributed by atoms with Crippen molar-refractivity contribution in [1.29, 1.82) is 0 Å². The molecule has 25 heavy (non-hydrogen) atoms. The van der Waals surface area contributed by atoms with E-state index in [2.05, 4.69) is 0 Å². The number of hydrogen-bond donors (Lipinski definition) is 0. The molecular weight excluding hydrogens is 326 g/mol. The third kappa shape index (κ3) is 4.14. The number of nitrogens with zero attached hydrogens (tertiary/aromatic N) is 1. The van der Waals surface area contributed by atoms with Gasteiger partial charge in [-0.2, -0.15) is 0 Å². The standard InChI is InChI=1S/C18H15NO6/c1-11(20)17(12(2)21)18(22)15-10-14(8-9-16(15)19(23)24)25-13-6-4-3-5-7-13/h3-10,17H,1-2H3. The Bertz CT molecular complexity index is 830. The van der Waals surface area contributed by atoms with Crippen LogP contribution in [0.25, 0.3) is 0 Å². The first-order valence-corrected chi connectivity index (χ1v) is 7.37. The fourth-order valence-electron chi connectivity index (χ4n) is 2.37. The fraction of sp³-hybridized carbons (Fsp3) is 0.167. The lowest BCUT2D eigenvalue weighted by Crippen LogP contribution is -2.29. The van der Waals surface area contributed by atoms with E-state index < -0.39 is 33.9 Å². The lowest BCUT2D eigenvalue weighted by molar-refractivity contribution is -0.385. The Labute approximate surface area is 143 Å². The zero-order chi connectivity index (χ0) is 18.6. The number of Topliss-reactive ketones (excluding diaryl/α,β-unsaturated/α-hetero) is 3. The van der Waals surface area contributed by atoms with Gasteiger partial charge in [-0.25, -0.2) is 0 Å². The summed E-state index contributed by atoms with van der Waals surface area (Å²) >= 11 is 0. The zero-order valence-electron chi connectivity index (χ0n) is 13.6. The molecule has 7 heteroatoms. The maximum Gasteiger partial charge on any atom is 0.280 e. The average molecular weight is 341 g/mol. The average Bonchev–Trinajstić information content (AvgIpc) is 2.54. The van der Waals surface area contributed by atoms with Crippen molar-refractivity contribution in [2.45, 2.75) is 13.8 Å². The Morgan fingerprint density at radius 3 is 2.08 bits per heavy atom. The van der Waals surface area contributed by atoms with Gasteiger partial charge in [0.1, 0.15) is 34.5 Å². The highest BCUT2D eigenvalue weighted by molar-refractivity contribution is 6.24. The summed E-state index contributed by atoms with van der Waals surface area (Å²) in [5.41, 5.74) is -0.827. The second-order valence-electron chi connectivity index (χ2n) is 5.37. The van der Waals surface area contributed by atoms with Gasteiger partial charge in [0.25, 0.3) is 5.69 Å². The minimum absolute atomic E-state index is 0.186. The van der Waals surface area contributed by atoms with E-state index in [1.165, 1.54) is 12.1 Å². The minimum Gasteiger partial charge on any atom is -0.457 e. The number of nitro groups is 1. The molecule has 0 aliphatic rings. The molecule has 0 aromatic heterocycles. The quantitative estimate of drug-likeness (QED) is 0.331. The molecule has 128 valence electrons. The third-order valence-electron chi connectivity index (χ3n) is 3.48. The van der Waals surface area contributed by atoms with Crippen LogP contribution in [0.4, 0.5) is 5.69 Å². The van der Waals surface area contributed by atoms with E-state index in [0.29, 0.717) is 5.75 Å². The van der Waals surface area contributed by atoms with Crippen molar-refractivity contribution in [2.75, 3.05) is 0 Å². The highest BCUT2D eigenvalue weighted by atomic mass is 16.6. The summed E-state index contributed by atoms with van der Waals surface area (Å²) < 4.78 is 5.56. The first kappa shape index (κ1) is 18.0. The van der Waals surface area contributed by atoms with E-state index in [9.17, 15) is 24.5 Å². The van der Waals surface area contributed by atoms with Gasteiger partial charge in [0.05, 0.1) is 4.92 Å². The van der Waals surface area contributed by atoms with E-state index in [1.54, 1.807) is 30.3 Å². The van der Waals surface area contributed by atoms with Crippen LogP contribution in [0.3, 0.4) is 0 Å². The molecule has 0 N–H and O–H groups in total. The molecule has 0 amide bonds. The van der Waals surface area contributed by atoms with Gasteiger partial charge in [-0.05, 0) is 38.1 Å². The van der Waals surface area contributed by atoms with Crippen LogP contribution in [0.1, 0.15) is 24.2 Å². The largest absolute Gasteiger partial charge is 0.457 e. The van der Waals surface area contributed by atoms with Crippen molar-refractivity contribution in [3.63, 3.8) is 0 Å². The molecule has 7 nitrogen and oxygen atoms in total. The third-order valence-corrected chi connectivity index (χ3v) is 3.48. The van der Waals surface area contributed by atoms with E-state index in [-0.39, 0.29) is 11.3 Å². The molecular formula is C18H15NO6. The summed E-state index contributed by atoms with van der Waals surface area (Å²) in [4.78, 5) is 46.2. The summed E-state index contributed by atoms with van der Waals surface area (Å²) in [7, 11) is 0. The number of carbonyl (C=O) groups is 3. The maximum atomic E-state index is 12.6. The first-order chi connectivity index (χ1) is 11.8. The molecule has 0 aliphatic heterocycles. The Morgan fingerprint density at radius 1 is 0.960 bits per heavy atom. The van der Waals surface area contributed by atoms with Gasteiger partial charge in [-0.15, -0.1) is 0 Å². The SMILES string of the molecule is CC(=O)C(C(C)=O)C(=O)c1cc(Oc2ccccc2)ccc1[N+](=O)[O-]. The van der Waals surface area contributed by atoms with Gasteiger partial charge in [0.15, 0.2) is 5.78 Å². The van der Waals surface area contributed by atoms with Crippen molar-refractivity contribution in [1.82, 2.24) is 0 Å². The Morgan fingerprint density at radius 2 is 1.56 bits per heavy atom. The van der Waals surface area contributed by atoms with Crippen LogP contribution in [-0.4, -0.2) is 22.3 Å². The van der Waals surface area contributed by atoms with Crippen molar-refractivity contribution in [3.05, 3.63) is 64.2 Å².